The van der Waals surface area contributed by atoms with Gasteiger partial charge in [0.1, 0.15) is 11.6 Å². The summed E-state index contributed by atoms with van der Waals surface area (Å²) in [6, 6.07) is 14.0. The lowest BCUT2D eigenvalue weighted by atomic mass is 9.92. The zero-order valence-corrected chi connectivity index (χ0v) is 20.3. The fraction of sp³-hybridized carbons (Fsp3) is 0.296. The molecule has 1 aliphatic heterocycles. The maximum absolute atomic E-state index is 12.2. The van der Waals surface area contributed by atoms with Crippen molar-refractivity contribution in [1.82, 2.24) is 19.9 Å². The Kier molecular flexibility index (Phi) is 7.50. The van der Waals surface area contributed by atoms with Gasteiger partial charge in [0.05, 0.1) is 5.69 Å². The van der Waals surface area contributed by atoms with Crippen LogP contribution < -0.4 is 11.1 Å². The topological polar surface area (TPSA) is 109 Å². The fourth-order valence-electron chi connectivity index (χ4n) is 4.41. The molecule has 2 atom stereocenters. The Morgan fingerprint density at radius 2 is 2.06 bits per heavy atom. The van der Waals surface area contributed by atoms with E-state index in [2.05, 4.69) is 22.2 Å². The first kappa shape index (κ1) is 24.1. The highest BCUT2D eigenvalue weighted by Crippen LogP contribution is 2.31. The summed E-state index contributed by atoms with van der Waals surface area (Å²) in [6.07, 6.45) is 8.66. The summed E-state index contributed by atoms with van der Waals surface area (Å²) in [5.41, 5.74) is 10.1. The maximum Gasteiger partial charge on any atom is 0.219 e. The number of amides is 1. The smallest absolute Gasteiger partial charge is 0.219 e. The van der Waals surface area contributed by atoms with Crippen LogP contribution in [0.3, 0.4) is 0 Å². The molecule has 0 saturated carbocycles. The van der Waals surface area contributed by atoms with Gasteiger partial charge in [-0.2, -0.15) is 0 Å². The molecule has 0 unspecified atom stereocenters. The minimum Gasteiger partial charge on any atom is -0.404 e. The van der Waals surface area contributed by atoms with Crippen molar-refractivity contribution in [2.45, 2.75) is 38.6 Å². The largest absolute Gasteiger partial charge is 0.404 e. The zero-order valence-electron chi connectivity index (χ0n) is 20.3. The molecule has 2 aromatic heterocycles. The van der Waals surface area contributed by atoms with Crippen LogP contribution in [0.2, 0.25) is 0 Å². The van der Waals surface area contributed by atoms with Gasteiger partial charge in [-0.05, 0) is 49.6 Å². The summed E-state index contributed by atoms with van der Waals surface area (Å²) >= 11 is 0. The van der Waals surface area contributed by atoms with E-state index in [4.69, 9.17) is 15.7 Å². The van der Waals surface area contributed by atoms with E-state index in [0.717, 1.165) is 46.7 Å². The van der Waals surface area contributed by atoms with Gasteiger partial charge in [-0.15, -0.1) is 0 Å². The number of rotatable bonds is 6. The molecule has 1 fully saturated rings. The van der Waals surface area contributed by atoms with E-state index in [1.165, 1.54) is 0 Å². The van der Waals surface area contributed by atoms with Gasteiger partial charge in [0.25, 0.3) is 0 Å². The lowest BCUT2D eigenvalue weighted by Crippen LogP contribution is -2.44. The Labute approximate surface area is 206 Å². The molecule has 0 radical (unpaired) electrons. The van der Waals surface area contributed by atoms with Crippen LogP contribution >= 0.6 is 0 Å². The van der Waals surface area contributed by atoms with Crippen LogP contribution in [-0.2, 0) is 4.79 Å². The Balaban J connectivity index is 1.70. The van der Waals surface area contributed by atoms with Crippen LogP contribution in [0.1, 0.15) is 44.0 Å². The highest BCUT2D eigenvalue weighted by Gasteiger charge is 2.30. The number of piperidine rings is 1. The maximum atomic E-state index is 12.2. The number of carbonyl (C=O) groups excluding carboxylic acids is 1. The first-order valence-corrected chi connectivity index (χ1v) is 11.8. The molecule has 1 aliphatic rings. The van der Waals surface area contributed by atoms with E-state index in [1.54, 1.807) is 38.8 Å². The number of nitrogens with two attached hydrogens (primary N) is 1. The van der Waals surface area contributed by atoms with E-state index < -0.39 is 0 Å². The summed E-state index contributed by atoms with van der Waals surface area (Å²) in [5, 5.41) is 3.43. The van der Waals surface area contributed by atoms with Crippen molar-refractivity contribution < 1.29 is 4.79 Å². The van der Waals surface area contributed by atoms with Crippen molar-refractivity contribution in [3.05, 3.63) is 72.4 Å². The molecule has 0 spiro atoms. The standard InChI is InChI=1S/C27H31N7O/c1-18-9-10-22(17-34(18)19(2)35)27-32-25(21-7-5-11-30-16-21)13-26(33-27)31-24-8-4-6-20(12-24)23(14-28)15-29-3/h4-8,11-16,18,22H,9-10,17,28H2,1-3H3,(H,31,32,33)/t18-,22+/m0/s1. The summed E-state index contributed by atoms with van der Waals surface area (Å²) in [5.74, 6) is 1.55. The van der Waals surface area contributed by atoms with E-state index in [1.807, 2.05) is 47.4 Å². The van der Waals surface area contributed by atoms with Gasteiger partial charge in [-0.1, -0.05) is 12.1 Å². The monoisotopic (exact) mass is 469 g/mol. The number of aromatic nitrogens is 3. The second-order valence-electron chi connectivity index (χ2n) is 8.75. The molecular formula is C27H31N7O. The van der Waals surface area contributed by atoms with Crippen molar-refractivity contribution >= 4 is 29.2 Å². The van der Waals surface area contributed by atoms with E-state index >= 15 is 0 Å². The molecule has 1 aromatic carbocycles. The zero-order chi connectivity index (χ0) is 24.8. The number of nitrogens with zero attached hydrogens (tertiary/aromatic N) is 5. The van der Waals surface area contributed by atoms with Crippen LogP contribution in [0.4, 0.5) is 11.5 Å². The van der Waals surface area contributed by atoms with Gasteiger partial charge >= 0.3 is 0 Å². The number of carbonyl (C=O) groups is 1. The van der Waals surface area contributed by atoms with E-state index in [0.29, 0.717) is 12.4 Å². The minimum atomic E-state index is 0.0612. The highest BCUT2D eigenvalue weighted by molar-refractivity contribution is 6.09. The molecule has 0 aliphatic carbocycles. The van der Waals surface area contributed by atoms with Crippen molar-refractivity contribution in [1.29, 1.82) is 0 Å². The number of aliphatic imine (C=N–C) groups is 1. The second kappa shape index (κ2) is 10.9. The molecular weight excluding hydrogens is 438 g/mol. The Morgan fingerprint density at radius 1 is 1.20 bits per heavy atom. The quantitative estimate of drug-likeness (QED) is 0.518. The van der Waals surface area contributed by atoms with Crippen LogP contribution in [-0.4, -0.2) is 51.6 Å². The second-order valence-corrected chi connectivity index (χ2v) is 8.75. The molecule has 0 bridgehead atoms. The average Bonchev–Trinajstić information content (AvgIpc) is 2.88. The van der Waals surface area contributed by atoms with Gasteiger partial charge in [-0.25, -0.2) is 9.97 Å². The van der Waals surface area contributed by atoms with Gasteiger partial charge in [0.15, 0.2) is 0 Å². The van der Waals surface area contributed by atoms with Crippen LogP contribution in [0.5, 0.6) is 0 Å². The summed E-state index contributed by atoms with van der Waals surface area (Å²) in [7, 11) is 1.72. The lowest BCUT2D eigenvalue weighted by molar-refractivity contribution is -0.132. The molecule has 8 nitrogen and oxygen atoms in total. The predicted octanol–water partition coefficient (Wildman–Crippen LogP) is 4.40. The summed E-state index contributed by atoms with van der Waals surface area (Å²) < 4.78 is 0. The van der Waals surface area contributed by atoms with E-state index in [9.17, 15) is 4.79 Å². The summed E-state index contributed by atoms with van der Waals surface area (Å²) in [6.45, 7) is 4.33. The Hall–Kier alpha value is -4.07. The molecule has 3 N–H and O–H groups in total. The van der Waals surface area contributed by atoms with Gasteiger partial charge in [0, 0.05) is 80.2 Å². The number of anilines is 2. The molecule has 1 amide bonds. The molecule has 3 heterocycles. The Bertz CT molecular complexity index is 1240. The predicted molar refractivity (Wildman–Crippen MR) is 140 cm³/mol. The third-order valence-corrected chi connectivity index (χ3v) is 6.27. The first-order chi connectivity index (χ1) is 17.0. The van der Waals surface area contributed by atoms with Gasteiger partial charge < -0.3 is 16.0 Å². The third-order valence-electron chi connectivity index (χ3n) is 6.27. The number of pyridine rings is 1. The van der Waals surface area contributed by atoms with Crippen LogP contribution in [0.25, 0.3) is 16.8 Å². The number of hydrogen-bond acceptors (Lipinski definition) is 7. The van der Waals surface area contributed by atoms with Crippen molar-refractivity contribution in [3.8, 4) is 11.3 Å². The van der Waals surface area contributed by atoms with Crippen molar-refractivity contribution in [3.63, 3.8) is 0 Å². The Morgan fingerprint density at radius 3 is 2.77 bits per heavy atom. The first-order valence-electron chi connectivity index (χ1n) is 11.8. The van der Waals surface area contributed by atoms with Crippen molar-refractivity contribution in [2.75, 3.05) is 18.9 Å². The molecule has 1 saturated heterocycles. The van der Waals surface area contributed by atoms with E-state index in [-0.39, 0.29) is 17.9 Å². The fourth-order valence-corrected chi connectivity index (χ4v) is 4.41. The number of hydrogen-bond donors (Lipinski definition) is 2. The van der Waals surface area contributed by atoms with Gasteiger partial charge in [-0.3, -0.25) is 14.8 Å². The normalized spacial score (nSPS) is 18.6. The molecule has 35 heavy (non-hydrogen) atoms. The molecule has 4 rings (SSSR count). The van der Waals surface area contributed by atoms with Crippen molar-refractivity contribution in [2.24, 2.45) is 10.7 Å². The number of benzene rings is 1. The average molecular weight is 470 g/mol. The summed E-state index contributed by atoms with van der Waals surface area (Å²) in [4.78, 5) is 32.2. The van der Waals surface area contributed by atoms with Crippen LogP contribution in [0, 0.1) is 0 Å². The third kappa shape index (κ3) is 5.71. The highest BCUT2D eigenvalue weighted by atomic mass is 16.2. The number of likely N-dealkylation sites (tertiary alicyclic amines) is 1. The SMILES string of the molecule is CN=CC(=CN)c1cccc(Nc2cc(-c3cccnc3)nc([C@@H]3CC[C@H](C)N(C(C)=O)C3)n2)c1. The van der Waals surface area contributed by atoms with Gasteiger partial charge in [0.2, 0.25) is 5.91 Å². The lowest BCUT2D eigenvalue weighted by Gasteiger charge is -2.37. The number of nitrogens with one attached hydrogen (secondary N) is 1. The minimum absolute atomic E-state index is 0.0612. The molecule has 3 aromatic rings. The van der Waals surface area contributed by atoms with Crippen LogP contribution in [0.15, 0.2) is 66.1 Å². The molecule has 180 valence electrons. The molecule has 8 heteroatoms. The number of allylic oxidation sites excluding steroid dienone is 1.